The minimum Gasteiger partial charge on any atom is -0.391 e. The molecule has 6 nitrogen and oxygen atoms in total. The van der Waals surface area contributed by atoms with E-state index < -0.39 is 43.0 Å². The molecule has 0 aromatic heterocycles. The van der Waals surface area contributed by atoms with E-state index in [1.54, 1.807) is 7.05 Å². The van der Waals surface area contributed by atoms with Crippen molar-refractivity contribution in [2.75, 3.05) is 37.1 Å². The molecule has 0 spiro atoms. The molecule has 0 fully saturated rings. The molecular weight excluding hydrogens is 242 g/mol. The Labute approximate surface area is 90.5 Å². The lowest BCUT2D eigenvalue weighted by Gasteiger charge is -2.09. The van der Waals surface area contributed by atoms with E-state index in [0.717, 1.165) is 6.26 Å². The van der Waals surface area contributed by atoms with Crippen LogP contribution in [0.4, 0.5) is 0 Å². The van der Waals surface area contributed by atoms with Crippen LogP contribution in [-0.4, -0.2) is 65.2 Å². The topological polar surface area (TPSA) is 101 Å². The van der Waals surface area contributed by atoms with Crippen LogP contribution in [0.3, 0.4) is 0 Å². The maximum absolute atomic E-state index is 11.3. The lowest BCUT2D eigenvalue weighted by molar-refractivity contribution is 0.197. The quantitative estimate of drug-likeness (QED) is 0.550. The van der Waals surface area contributed by atoms with E-state index in [2.05, 4.69) is 5.32 Å². The van der Waals surface area contributed by atoms with E-state index in [4.69, 9.17) is 0 Å². The van der Waals surface area contributed by atoms with E-state index in [1.807, 2.05) is 0 Å². The fourth-order valence-electron chi connectivity index (χ4n) is 0.949. The van der Waals surface area contributed by atoms with Gasteiger partial charge in [-0.15, -0.1) is 0 Å². The number of aliphatic hydroxyl groups excluding tert-OH is 1. The van der Waals surface area contributed by atoms with Crippen molar-refractivity contribution >= 4 is 19.7 Å². The van der Waals surface area contributed by atoms with Crippen molar-refractivity contribution in [3.05, 3.63) is 0 Å². The fourth-order valence-corrected chi connectivity index (χ4v) is 4.05. The molecule has 0 rings (SSSR count). The average molecular weight is 259 g/mol. The molecule has 0 aliphatic rings. The van der Waals surface area contributed by atoms with Gasteiger partial charge >= 0.3 is 0 Å². The molecule has 0 aromatic rings. The number of sulfone groups is 2. The summed E-state index contributed by atoms with van der Waals surface area (Å²) >= 11 is 0. The summed E-state index contributed by atoms with van der Waals surface area (Å²) in [6.45, 7) is 0.165. The number of hydrogen-bond acceptors (Lipinski definition) is 6. The lowest BCUT2D eigenvalue weighted by atomic mass is 10.4. The Morgan fingerprint density at radius 3 is 2.13 bits per heavy atom. The maximum atomic E-state index is 11.3. The average Bonchev–Trinajstić information content (AvgIpc) is 1.99. The summed E-state index contributed by atoms with van der Waals surface area (Å²) < 4.78 is 44.1. The van der Waals surface area contributed by atoms with Crippen LogP contribution >= 0.6 is 0 Å². The molecule has 0 radical (unpaired) electrons. The van der Waals surface area contributed by atoms with E-state index in [-0.39, 0.29) is 6.54 Å². The van der Waals surface area contributed by atoms with Gasteiger partial charge in [0.2, 0.25) is 0 Å². The van der Waals surface area contributed by atoms with E-state index in [0.29, 0.717) is 0 Å². The monoisotopic (exact) mass is 259 g/mol. The molecule has 0 heterocycles. The summed E-state index contributed by atoms with van der Waals surface area (Å²) in [5, 5.41) is 11.9. The summed E-state index contributed by atoms with van der Waals surface area (Å²) in [4.78, 5) is 0. The Balaban J connectivity index is 4.21. The zero-order chi connectivity index (χ0) is 12.1. The van der Waals surface area contributed by atoms with Crippen molar-refractivity contribution in [2.24, 2.45) is 0 Å². The first-order valence-corrected chi connectivity index (χ1v) is 8.25. The molecule has 8 heteroatoms. The minimum atomic E-state index is -3.51. The minimum absolute atomic E-state index is 0.165. The van der Waals surface area contributed by atoms with Gasteiger partial charge in [-0.1, -0.05) is 0 Å². The lowest BCUT2D eigenvalue weighted by Crippen LogP contribution is -2.32. The molecule has 0 bridgehead atoms. The summed E-state index contributed by atoms with van der Waals surface area (Å²) in [5.41, 5.74) is 0. The molecule has 1 atom stereocenters. The highest BCUT2D eigenvalue weighted by Crippen LogP contribution is 1.97. The summed E-state index contributed by atoms with van der Waals surface area (Å²) in [6, 6.07) is 0. The largest absolute Gasteiger partial charge is 0.391 e. The van der Waals surface area contributed by atoms with Crippen LogP contribution < -0.4 is 5.32 Å². The summed E-state index contributed by atoms with van der Waals surface area (Å²) in [5.74, 6) is -1.25. The van der Waals surface area contributed by atoms with Crippen LogP contribution in [0.2, 0.25) is 0 Å². The second-order valence-corrected chi connectivity index (χ2v) is 7.94. The third-order valence-corrected chi connectivity index (χ3v) is 4.57. The Bertz CT molecular complexity index is 372. The number of likely N-dealkylation sites (N-methyl/N-ethyl adjacent to an activating group) is 1. The highest BCUT2D eigenvalue weighted by Gasteiger charge is 2.18. The molecule has 15 heavy (non-hydrogen) atoms. The normalized spacial score (nSPS) is 15.1. The molecule has 0 amide bonds. The van der Waals surface area contributed by atoms with Gasteiger partial charge in [-0.3, -0.25) is 0 Å². The molecular formula is C7H17NO5S2. The van der Waals surface area contributed by atoms with Gasteiger partial charge in [-0.05, 0) is 7.05 Å². The van der Waals surface area contributed by atoms with Gasteiger partial charge in [0.1, 0.15) is 9.84 Å². The molecule has 0 aliphatic carbocycles. The highest BCUT2D eigenvalue weighted by atomic mass is 32.2. The third kappa shape index (κ3) is 8.79. The van der Waals surface area contributed by atoms with Crippen molar-refractivity contribution in [2.45, 2.75) is 6.10 Å². The summed E-state index contributed by atoms with van der Waals surface area (Å²) in [7, 11) is -5.20. The molecule has 2 N–H and O–H groups in total. The zero-order valence-corrected chi connectivity index (χ0v) is 10.4. The SMILES string of the molecule is CNCC(O)CS(=O)(=O)CCS(C)(=O)=O. The van der Waals surface area contributed by atoms with E-state index in [1.165, 1.54) is 0 Å². The Hall–Kier alpha value is -0.180. The van der Waals surface area contributed by atoms with Crippen LogP contribution in [0.25, 0.3) is 0 Å². The Morgan fingerprint density at radius 1 is 1.20 bits per heavy atom. The zero-order valence-electron chi connectivity index (χ0n) is 8.80. The second kappa shape index (κ2) is 5.78. The molecule has 0 saturated heterocycles. The van der Waals surface area contributed by atoms with Crippen molar-refractivity contribution in [3.8, 4) is 0 Å². The van der Waals surface area contributed by atoms with Gasteiger partial charge in [0.05, 0.1) is 23.4 Å². The first-order chi connectivity index (χ1) is 6.66. The molecule has 0 aromatic carbocycles. The number of nitrogens with one attached hydrogen (secondary N) is 1. The van der Waals surface area contributed by atoms with E-state index >= 15 is 0 Å². The van der Waals surface area contributed by atoms with Crippen LogP contribution in [0.15, 0.2) is 0 Å². The number of aliphatic hydroxyl groups is 1. The van der Waals surface area contributed by atoms with Crippen LogP contribution in [0.1, 0.15) is 0 Å². The predicted molar refractivity (Wildman–Crippen MR) is 58.3 cm³/mol. The fraction of sp³-hybridized carbons (Fsp3) is 1.00. The van der Waals surface area contributed by atoms with Crippen molar-refractivity contribution in [1.29, 1.82) is 0 Å². The summed E-state index contributed by atoms with van der Waals surface area (Å²) in [6.07, 6.45) is -0.0217. The third-order valence-electron chi connectivity index (χ3n) is 1.65. The number of hydrogen-bond donors (Lipinski definition) is 2. The van der Waals surface area contributed by atoms with Crippen LogP contribution in [-0.2, 0) is 19.7 Å². The molecule has 0 saturated carbocycles. The predicted octanol–water partition coefficient (Wildman–Crippen LogP) is -1.97. The molecule has 0 aliphatic heterocycles. The van der Waals surface area contributed by atoms with Crippen molar-refractivity contribution in [3.63, 3.8) is 0 Å². The van der Waals surface area contributed by atoms with Gasteiger partial charge in [0, 0.05) is 12.8 Å². The van der Waals surface area contributed by atoms with Crippen molar-refractivity contribution in [1.82, 2.24) is 5.32 Å². The van der Waals surface area contributed by atoms with Crippen LogP contribution in [0, 0.1) is 0 Å². The smallest absolute Gasteiger partial charge is 0.153 e. The van der Waals surface area contributed by atoms with Gasteiger partial charge in [-0.25, -0.2) is 16.8 Å². The number of rotatable bonds is 7. The Kier molecular flexibility index (Phi) is 5.71. The maximum Gasteiger partial charge on any atom is 0.153 e. The van der Waals surface area contributed by atoms with Gasteiger partial charge in [0.25, 0.3) is 0 Å². The first kappa shape index (κ1) is 14.8. The standard InChI is InChI=1S/C7H17NO5S2/c1-8-5-7(9)6-15(12,13)4-3-14(2,10)11/h7-9H,3-6H2,1-2H3. The highest BCUT2D eigenvalue weighted by molar-refractivity contribution is 7.94. The molecule has 92 valence electrons. The van der Waals surface area contributed by atoms with E-state index in [9.17, 15) is 21.9 Å². The van der Waals surface area contributed by atoms with Crippen molar-refractivity contribution < 1.29 is 21.9 Å². The van der Waals surface area contributed by atoms with Gasteiger partial charge in [0.15, 0.2) is 9.84 Å². The second-order valence-electron chi connectivity index (χ2n) is 3.46. The Morgan fingerprint density at radius 2 is 1.73 bits per heavy atom. The molecule has 1 unspecified atom stereocenters. The van der Waals surface area contributed by atoms with Crippen LogP contribution in [0.5, 0.6) is 0 Å². The first-order valence-electron chi connectivity index (χ1n) is 4.37. The van der Waals surface area contributed by atoms with Gasteiger partial charge < -0.3 is 10.4 Å². The van der Waals surface area contributed by atoms with Gasteiger partial charge in [-0.2, -0.15) is 0 Å².